The van der Waals surface area contributed by atoms with E-state index in [1.165, 1.54) is 14.0 Å². The Morgan fingerprint density at radius 3 is 2.23 bits per heavy atom. The van der Waals surface area contributed by atoms with Crippen LogP contribution in [-0.2, 0) is 33.2 Å². The lowest BCUT2D eigenvalue weighted by Crippen LogP contribution is -2.61. The van der Waals surface area contributed by atoms with Gasteiger partial charge >= 0.3 is 5.97 Å². The number of aliphatic hydroxyl groups excluding tert-OH is 4. The summed E-state index contributed by atoms with van der Waals surface area (Å²) in [6.45, 7) is 21.6. The van der Waals surface area contributed by atoms with Gasteiger partial charge in [0.05, 0.1) is 47.6 Å². The van der Waals surface area contributed by atoms with E-state index in [-0.39, 0.29) is 31.3 Å². The highest BCUT2D eigenvalue weighted by atomic mass is 16.7. The summed E-state index contributed by atoms with van der Waals surface area (Å²) in [6.07, 6.45) is -6.40. The van der Waals surface area contributed by atoms with Crippen LogP contribution < -0.4 is 5.32 Å². The minimum Gasteiger partial charge on any atom is -0.459 e. The van der Waals surface area contributed by atoms with E-state index in [1.807, 2.05) is 44.7 Å². The number of methoxy groups -OCH3 is 1. The molecule has 0 saturated carbocycles. The van der Waals surface area contributed by atoms with Crippen LogP contribution in [0.5, 0.6) is 0 Å². The molecule has 0 aliphatic carbocycles. The summed E-state index contributed by atoms with van der Waals surface area (Å²) in [6, 6.07) is -1.02. The summed E-state index contributed by atoms with van der Waals surface area (Å²) in [4.78, 5) is 18.2. The molecule has 2 unspecified atom stereocenters. The van der Waals surface area contributed by atoms with Crippen molar-refractivity contribution >= 4 is 5.97 Å². The average Bonchev–Trinajstić information content (AvgIpc) is 3.18. The maximum absolute atomic E-state index is 14.4. The number of nitrogens with zero attached hydrogens (tertiary/aromatic N) is 2. The van der Waals surface area contributed by atoms with Gasteiger partial charge in [-0.3, -0.25) is 9.69 Å². The Hall–Kier alpha value is -1.09. The van der Waals surface area contributed by atoms with Gasteiger partial charge in [0, 0.05) is 51.2 Å². The van der Waals surface area contributed by atoms with Gasteiger partial charge in [-0.05, 0) is 101 Å². The van der Waals surface area contributed by atoms with Gasteiger partial charge in [-0.25, -0.2) is 0 Å². The Labute approximate surface area is 366 Å². The maximum Gasteiger partial charge on any atom is 0.311 e. The van der Waals surface area contributed by atoms with Crippen LogP contribution in [0.15, 0.2) is 0 Å². The van der Waals surface area contributed by atoms with Crippen molar-refractivity contribution in [1.82, 2.24) is 15.1 Å². The number of carbonyl (C=O) groups excluding carboxylic acids is 1. The van der Waals surface area contributed by atoms with Crippen molar-refractivity contribution in [2.75, 3.05) is 47.4 Å². The molecule has 0 radical (unpaired) electrons. The molecule has 7 N–H and O–H groups in total. The lowest BCUT2D eigenvalue weighted by atomic mass is 9.77. The van der Waals surface area contributed by atoms with E-state index in [4.69, 9.17) is 28.4 Å². The molecule has 3 rings (SSSR count). The van der Waals surface area contributed by atoms with Crippen LogP contribution >= 0.6 is 0 Å². The second-order valence-electron chi connectivity index (χ2n) is 19.7. The quantitative estimate of drug-likeness (QED) is 0.0930. The highest BCUT2D eigenvalue weighted by Gasteiger charge is 2.53. The Morgan fingerprint density at radius 2 is 1.62 bits per heavy atom. The molecular weight excluding hydrogens is 791 g/mol. The van der Waals surface area contributed by atoms with Crippen LogP contribution in [0.3, 0.4) is 0 Å². The number of rotatable bonds is 15. The fraction of sp³-hybridized carbons (Fsp3) is 0.978. The Morgan fingerprint density at radius 1 is 0.967 bits per heavy atom. The molecule has 3 aliphatic rings. The molecule has 0 aromatic heterocycles. The first-order valence-corrected chi connectivity index (χ1v) is 23.0. The molecule has 3 aliphatic heterocycles. The summed E-state index contributed by atoms with van der Waals surface area (Å²) < 4.78 is 38.0. The number of esters is 1. The Balaban J connectivity index is 2.09. The number of hydrogen-bond donors (Lipinski definition) is 7. The Bertz CT molecular complexity index is 1310. The normalized spacial score (nSPS) is 44.6. The van der Waals surface area contributed by atoms with Crippen molar-refractivity contribution < 1.29 is 63.9 Å². The summed E-state index contributed by atoms with van der Waals surface area (Å²) in [7, 11) is 5.20. The molecule has 61 heavy (non-hydrogen) atoms. The minimum absolute atomic E-state index is 0.109. The zero-order valence-electron chi connectivity index (χ0n) is 40.0. The third-order valence-corrected chi connectivity index (χ3v) is 13.9. The number of carbonyl (C=O) groups is 1. The molecule has 0 bridgehead atoms. The third kappa shape index (κ3) is 14.0. The second kappa shape index (κ2) is 23.4. The number of hydrogen-bond acceptors (Lipinski definition) is 16. The van der Waals surface area contributed by atoms with Gasteiger partial charge in [-0.15, -0.1) is 0 Å². The zero-order chi connectivity index (χ0) is 46.2. The van der Waals surface area contributed by atoms with Gasteiger partial charge in [0.2, 0.25) is 0 Å². The number of likely N-dealkylation sites (N-methyl/N-ethyl adjacent to an activating group) is 2. The van der Waals surface area contributed by atoms with Crippen LogP contribution in [0.25, 0.3) is 0 Å². The minimum atomic E-state index is -1.82. The number of nitrogens with one attached hydrogen (secondary N) is 1. The van der Waals surface area contributed by atoms with Crippen LogP contribution in [-0.4, -0.2) is 190 Å². The van der Waals surface area contributed by atoms with Crippen molar-refractivity contribution in [2.24, 2.45) is 17.8 Å². The lowest BCUT2D eigenvalue weighted by molar-refractivity contribution is -0.318. The number of aliphatic hydroxyl groups is 6. The molecule has 3 fully saturated rings. The molecule has 16 nitrogen and oxygen atoms in total. The van der Waals surface area contributed by atoms with E-state index in [1.54, 1.807) is 41.5 Å². The number of unbranched alkanes of at least 4 members (excludes halogenated alkanes) is 2. The van der Waals surface area contributed by atoms with Crippen LogP contribution in [0.1, 0.15) is 121 Å². The SMILES string of the molecule is CCCCCNCC(O)CN(C)C1C[C@@H](C)O[C@@H](O[C@@H]2[C@@H](C)[C@H](O[C@H]3C[C@@](C)(OC)[C@@H](O)[C@H](C)O3)[C@@H](C)C(=O)O[C@H](CC)[C@@](C)(O)[C@H](O)[C@@H](C)N(C)C[C@H](C)C[C@@]2(C)O)[C@@H]1O. The Kier molecular flexibility index (Phi) is 20.8. The van der Waals surface area contributed by atoms with Gasteiger partial charge in [0.25, 0.3) is 0 Å². The van der Waals surface area contributed by atoms with E-state index in [2.05, 4.69) is 12.2 Å². The fourth-order valence-electron chi connectivity index (χ4n) is 9.96. The number of cyclic esters (lactones) is 1. The highest BCUT2D eigenvalue weighted by Crippen LogP contribution is 2.40. The van der Waals surface area contributed by atoms with Crippen molar-refractivity contribution in [3.8, 4) is 0 Å². The summed E-state index contributed by atoms with van der Waals surface area (Å²) in [5, 5.41) is 73.4. The molecule has 0 amide bonds. The third-order valence-electron chi connectivity index (χ3n) is 13.9. The van der Waals surface area contributed by atoms with Crippen LogP contribution in [0.4, 0.5) is 0 Å². The molecule has 19 atom stereocenters. The number of ether oxygens (including phenoxy) is 6. The predicted octanol–water partition coefficient (Wildman–Crippen LogP) is 2.41. The molecule has 360 valence electrons. The van der Waals surface area contributed by atoms with Crippen molar-refractivity contribution in [3.05, 3.63) is 0 Å². The lowest BCUT2D eigenvalue weighted by Gasteiger charge is -2.49. The van der Waals surface area contributed by atoms with Crippen LogP contribution in [0, 0.1) is 17.8 Å². The predicted molar refractivity (Wildman–Crippen MR) is 232 cm³/mol. The first-order valence-electron chi connectivity index (χ1n) is 23.0. The van der Waals surface area contributed by atoms with E-state index >= 15 is 0 Å². The van der Waals surface area contributed by atoms with Gasteiger partial charge in [0.15, 0.2) is 12.6 Å². The van der Waals surface area contributed by atoms with E-state index < -0.39 is 108 Å². The van der Waals surface area contributed by atoms with E-state index in [9.17, 15) is 35.4 Å². The van der Waals surface area contributed by atoms with Gasteiger partial charge in [0.1, 0.15) is 30.0 Å². The molecule has 0 spiro atoms. The van der Waals surface area contributed by atoms with E-state index in [0.29, 0.717) is 26.1 Å². The molecule has 0 aromatic carbocycles. The van der Waals surface area contributed by atoms with Crippen molar-refractivity contribution in [1.29, 1.82) is 0 Å². The average molecular weight is 878 g/mol. The zero-order valence-corrected chi connectivity index (χ0v) is 40.0. The van der Waals surface area contributed by atoms with Crippen molar-refractivity contribution in [3.63, 3.8) is 0 Å². The summed E-state index contributed by atoms with van der Waals surface area (Å²) >= 11 is 0. The monoisotopic (exact) mass is 878 g/mol. The highest BCUT2D eigenvalue weighted by molar-refractivity contribution is 5.73. The topological polar surface area (TPSA) is 212 Å². The van der Waals surface area contributed by atoms with Crippen LogP contribution in [0.2, 0.25) is 0 Å². The largest absolute Gasteiger partial charge is 0.459 e. The van der Waals surface area contributed by atoms with Gasteiger partial charge in [-0.1, -0.05) is 40.5 Å². The van der Waals surface area contributed by atoms with Crippen molar-refractivity contribution in [2.45, 2.75) is 218 Å². The smallest absolute Gasteiger partial charge is 0.311 e. The second-order valence-corrected chi connectivity index (χ2v) is 19.7. The summed E-state index contributed by atoms with van der Waals surface area (Å²) in [5.74, 6) is -2.74. The molecular formula is C45H87N3O13. The molecule has 0 aromatic rings. The van der Waals surface area contributed by atoms with Gasteiger partial charge < -0.3 is 69.3 Å². The fourth-order valence-corrected chi connectivity index (χ4v) is 9.96. The standard InChI is InChI=1S/C45H87N3O13/c1-15-17-18-19-46-23-32(49)25-48(13)33-20-27(4)57-42(36(33)50)61-40-28(5)37(60-35-22-44(10,56-14)39(52)31(8)58-35)29(6)41(53)59-34(16-2)45(11,55)38(51)30(7)47(12)24-26(3)21-43(40,9)54/h26-40,42,46,49-52,54-55H,15-25H2,1-14H3/t26-,27-,28+,29-,30-,31+,32?,33?,34-,35+,36-,37+,38-,39+,40-,42+,43-,44-,45-/m1/s1. The molecule has 16 heteroatoms. The maximum atomic E-state index is 14.4. The summed E-state index contributed by atoms with van der Waals surface area (Å²) in [5.41, 5.74) is -4.49. The van der Waals surface area contributed by atoms with Gasteiger partial charge in [-0.2, -0.15) is 0 Å². The first-order chi connectivity index (χ1) is 28.3. The molecule has 3 heterocycles. The van der Waals surface area contributed by atoms with E-state index in [0.717, 1.165) is 25.8 Å². The molecule has 3 saturated heterocycles. The first kappa shape index (κ1) is 54.2.